The van der Waals surface area contributed by atoms with Crippen molar-refractivity contribution in [1.29, 1.82) is 0 Å². The minimum absolute atomic E-state index is 0.553. The molecule has 1 rings (SSSR count). The molecule has 0 aromatic carbocycles. The van der Waals surface area contributed by atoms with Gasteiger partial charge in [0, 0.05) is 11.4 Å². The van der Waals surface area contributed by atoms with Crippen LogP contribution in [0.4, 0.5) is 0 Å². The lowest BCUT2D eigenvalue weighted by Crippen LogP contribution is -2.02. The maximum atomic E-state index is 3.97. The van der Waals surface area contributed by atoms with Crippen molar-refractivity contribution < 1.29 is 0 Å². The van der Waals surface area contributed by atoms with E-state index >= 15 is 0 Å². The molecule has 0 N–H and O–H groups in total. The second-order valence-corrected chi connectivity index (χ2v) is 3.79. The number of hydrogen-bond acceptors (Lipinski definition) is 2. The Hall–Kier alpha value is -0.380. The molecular weight excluding hydrogens is 194 g/mol. The van der Waals surface area contributed by atoms with E-state index in [9.17, 15) is 0 Å². The topological polar surface area (TPSA) is 30.7 Å². The molecule has 4 heteroatoms. The van der Waals surface area contributed by atoms with Crippen LogP contribution in [0.25, 0.3) is 0 Å². The monoisotopic (exact) mass is 203 g/mol. The lowest BCUT2D eigenvalue weighted by molar-refractivity contribution is 0.579. The van der Waals surface area contributed by atoms with Gasteiger partial charge in [0.25, 0.3) is 0 Å². The van der Waals surface area contributed by atoms with Crippen LogP contribution >= 0.6 is 15.9 Å². The molecular formula is C6H10BrN3. The number of alkyl halides is 1. The molecule has 0 aliphatic carbocycles. The Morgan fingerprint density at radius 1 is 1.70 bits per heavy atom. The molecule has 0 radical (unpaired) electrons. The summed E-state index contributed by atoms with van der Waals surface area (Å²) in [6, 6.07) is 0. The Labute approximate surface area is 68.6 Å². The van der Waals surface area contributed by atoms with Crippen molar-refractivity contribution in [2.24, 2.45) is 0 Å². The zero-order valence-electron chi connectivity index (χ0n) is 5.87. The molecule has 1 atom stereocenters. The van der Waals surface area contributed by atoms with Crippen molar-refractivity contribution >= 4 is 15.9 Å². The van der Waals surface area contributed by atoms with Gasteiger partial charge in [0.05, 0.1) is 0 Å². The van der Waals surface area contributed by atoms with Gasteiger partial charge in [-0.25, -0.2) is 4.98 Å². The predicted molar refractivity (Wildman–Crippen MR) is 43.0 cm³/mol. The van der Waals surface area contributed by atoms with Crippen LogP contribution in [0, 0.1) is 0 Å². The standard InChI is InChI=1S/C6H10BrN3/c1-6(7)2-3-10-5-8-4-9-10/h4-6H,2-3H2,1H3/t6-/m1/s1. The minimum Gasteiger partial charge on any atom is -0.253 e. The summed E-state index contributed by atoms with van der Waals surface area (Å²) in [5, 5.41) is 3.97. The van der Waals surface area contributed by atoms with E-state index in [4.69, 9.17) is 0 Å². The Morgan fingerprint density at radius 3 is 3.00 bits per heavy atom. The largest absolute Gasteiger partial charge is 0.253 e. The van der Waals surface area contributed by atoms with E-state index in [1.807, 2.05) is 4.68 Å². The van der Waals surface area contributed by atoms with Crippen LogP contribution in [0.2, 0.25) is 0 Å². The van der Waals surface area contributed by atoms with E-state index in [1.54, 1.807) is 12.7 Å². The summed E-state index contributed by atoms with van der Waals surface area (Å²) in [7, 11) is 0. The van der Waals surface area contributed by atoms with E-state index < -0.39 is 0 Å². The first kappa shape index (κ1) is 7.72. The lowest BCUT2D eigenvalue weighted by atomic mass is 10.3. The second-order valence-electron chi connectivity index (χ2n) is 2.23. The number of aromatic nitrogens is 3. The first-order chi connectivity index (χ1) is 4.79. The molecule has 0 aliphatic rings. The second kappa shape index (κ2) is 3.71. The van der Waals surface area contributed by atoms with E-state index in [0.29, 0.717) is 4.83 Å². The third-order valence-corrected chi connectivity index (χ3v) is 1.68. The average molecular weight is 204 g/mol. The number of nitrogens with zero attached hydrogens (tertiary/aromatic N) is 3. The zero-order valence-corrected chi connectivity index (χ0v) is 7.45. The number of halogens is 1. The number of hydrogen-bond donors (Lipinski definition) is 0. The fourth-order valence-corrected chi connectivity index (χ4v) is 0.863. The third-order valence-electron chi connectivity index (χ3n) is 1.22. The van der Waals surface area contributed by atoms with Gasteiger partial charge in [0.1, 0.15) is 12.7 Å². The van der Waals surface area contributed by atoms with Crippen molar-refractivity contribution in [3.8, 4) is 0 Å². The highest BCUT2D eigenvalue weighted by Crippen LogP contribution is 2.03. The quantitative estimate of drug-likeness (QED) is 0.697. The average Bonchev–Trinajstić information content (AvgIpc) is 2.34. The van der Waals surface area contributed by atoms with E-state index in [1.165, 1.54) is 0 Å². The predicted octanol–water partition coefficient (Wildman–Crippen LogP) is 1.45. The van der Waals surface area contributed by atoms with Crippen molar-refractivity contribution in [3.05, 3.63) is 12.7 Å². The van der Waals surface area contributed by atoms with Crippen molar-refractivity contribution in [2.45, 2.75) is 24.7 Å². The van der Waals surface area contributed by atoms with Crippen LogP contribution in [0.3, 0.4) is 0 Å². The molecule has 0 saturated carbocycles. The van der Waals surface area contributed by atoms with Gasteiger partial charge in [-0.05, 0) is 6.42 Å². The van der Waals surface area contributed by atoms with Gasteiger partial charge >= 0.3 is 0 Å². The Bertz CT molecular complexity index is 171. The van der Waals surface area contributed by atoms with Gasteiger partial charge in [-0.3, -0.25) is 4.68 Å². The van der Waals surface area contributed by atoms with Crippen molar-refractivity contribution in [1.82, 2.24) is 14.8 Å². The molecule has 10 heavy (non-hydrogen) atoms. The van der Waals surface area contributed by atoms with Crippen LogP contribution in [-0.4, -0.2) is 19.6 Å². The van der Waals surface area contributed by atoms with Crippen LogP contribution in [-0.2, 0) is 6.54 Å². The molecule has 0 fully saturated rings. The highest BCUT2D eigenvalue weighted by molar-refractivity contribution is 9.09. The van der Waals surface area contributed by atoms with Crippen LogP contribution < -0.4 is 0 Å². The Morgan fingerprint density at radius 2 is 2.50 bits per heavy atom. The summed E-state index contributed by atoms with van der Waals surface area (Å²) in [5.41, 5.74) is 0. The molecule has 0 amide bonds. The van der Waals surface area contributed by atoms with Gasteiger partial charge in [-0.2, -0.15) is 5.10 Å². The molecule has 3 nitrogen and oxygen atoms in total. The van der Waals surface area contributed by atoms with Crippen LogP contribution in [0.1, 0.15) is 13.3 Å². The Kier molecular flexibility index (Phi) is 2.86. The fourth-order valence-electron chi connectivity index (χ4n) is 0.658. The van der Waals surface area contributed by atoms with Crippen LogP contribution in [0.15, 0.2) is 12.7 Å². The van der Waals surface area contributed by atoms with E-state index in [-0.39, 0.29) is 0 Å². The first-order valence-electron chi connectivity index (χ1n) is 3.25. The normalized spacial score (nSPS) is 13.4. The molecule has 0 bridgehead atoms. The Balaban J connectivity index is 2.28. The van der Waals surface area contributed by atoms with Gasteiger partial charge in [0.15, 0.2) is 0 Å². The molecule has 1 aromatic rings. The number of rotatable bonds is 3. The number of aryl methyl sites for hydroxylation is 1. The summed E-state index contributed by atoms with van der Waals surface area (Å²) in [5.74, 6) is 0. The SMILES string of the molecule is C[C@@H](Br)CCn1cncn1. The summed E-state index contributed by atoms with van der Waals surface area (Å²) in [6.45, 7) is 3.06. The molecule has 0 unspecified atom stereocenters. The molecule has 0 aliphatic heterocycles. The summed E-state index contributed by atoms with van der Waals surface area (Å²) < 4.78 is 1.83. The summed E-state index contributed by atoms with van der Waals surface area (Å²) in [4.78, 5) is 4.39. The van der Waals surface area contributed by atoms with E-state index in [2.05, 4.69) is 32.9 Å². The smallest absolute Gasteiger partial charge is 0.137 e. The molecule has 1 aromatic heterocycles. The van der Waals surface area contributed by atoms with Crippen LogP contribution in [0.5, 0.6) is 0 Å². The molecule has 1 heterocycles. The zero-order chi connectivity index (χ0) is 7.40. The molecule has 56 valence electrons. The maximum absolute atomic E-state index is 3.97. The van der Waals surface area contributed by atoms with E-state index in [0.717, 1.165) is 13.0 Å². The first-order valence-corrected chi connectivity index (χ1v) is 4.17. The van der Waals surface area contributed by atoms with Gasteiger partial charge in [-0.15, -0.1) is 0 Å². The fraction of sp³-hybridized carbons (Fsp3) is 0.667. The third kappa shape index (κ3) is 2.47. The van der Waals surface area contributed by atoms with Crippen molar-refractivity contribution in [2.75, 3.05) is 0 Å². The lowest BCUT2D eigenvalue weighted by Gasteiger charge is -2.00. The molecule has 0 saturated heterocycles. The summed E-state index contributed by atoms with van der Waals surface area (Å²) >= 11 is 3.46. The summed E-state index contributed by atoms with van der Waals surface area (Å²) in [6.07, 6.45) is 4.37. The minimum atomic E-state index is 0.553. The van der Waals surface area contributed by atoms with Gasteiger partial charge in [0.2, 0.25) is 0 Å². The molecule has 0 spiro atoms. The van der Waals surface area contributed by atoms with Gasteiger partial charge < -0.3 is 0 Å². The maximum Gasteiger partial charge on any atom is 0.137 e. The van der Waals surface area contributed by atoms with Gasteiger partial charge in [-0.1, -0.05) is 22.9 Å². The van der Waals surface area contributed by atoms with Crippen molar-refractivity contribution in [3.63, 3.8) is 0 Å². The highest BCUT2D eigenvalue weighted by atomic mass is 79.9. The highest BCUT2D eigenvalue weighted by Gasteiger charge is 1.95.